The standard InChI is InChI=1S/C15H23NO3/c1-12(15(17)18)7-9-16(2)10-8-13-5-4-6-14(11-13)19-3/h4-6,11-12H,7-10H2,1-3H3,(H,17,18). The second-order valence-corrected chi connectivity index (χ2v) is 4.93. The van der Waals surface area contributed by atoms with Crippen molar-refractivity contribution in [1.29, 1.82) is 0 Å². The molecule has 0 aliphatic carbocycles. The largest absolute Gasteiger partial charge is 0.497 e. The minimum atomic E-state index is -0.721. The summed E-state index contributed by atoms with van der Waals surface area (Å²) in [4.78, 5) is 12.9. The van der Waals surface area contributed by atoms with Gasteiger partial charge in [0.05, 0.1) is 13.0 Å². The molecule has 0 spiro atoms. The number of likely N-dealkylation sites (N-methyl/N-ethyl adjacent to an activating group) is 1. The predicted octanol–water partition coefficient (Wildman–Crippen LogP) is 2.28. The normalized spacial score (nSPS) is 12.4. The van der Waals surface area contributed by atoms with Crippen molar-refractivity contribution >= 4 is 5.97 Å². The van der Waals surface area contributed by atoms with Crippen LogP contribution in [-0.2, 0) is 11.2 Å². The van der Waals surface area contributed by atoms with Crippen LogP contribution in [0.3, 0.4) is 0 Å². The minimum absolute atomic E-state index is 0.278. The molecule has 0 heterocycles. The van der Waals surface area contributed by atoms with Crippen LogP contribution in [0.4, 0.5) is 0 Å². The number of rotatable bonds is 8. The number of carboxylic acid groups (broad SMARTS) is 1. The molecule has 0 aliphatic heterocycles. The lowest BCUT2D eigenvalue weighted by molar-refractivity contribution is -0.141. The Morgan fingerprint density at radius 2 is 2.16 bits per heavy atom. The maximum absolute atomic E-state index is 10.7. The average molecular weight is 265 g/mol. The molecule has 1 unspecified atom stereocenters. The van der Waals surface area contributed by atoms with Gasteiger partial charge in [0, 0.05) is 6.54 Å². The molecule has 1 aromatic carbocycles. The Hall–Kier alpha value is -1.55. The third kappa shape index (κ3) is 5.75. The van der Waals surface area contributed by atoms with Crippen molar-refractivity contribution in [3.05, 3.63) is 29.8 Å². The summed E-state index contributed by atoms with van der Waals surface area (Å²) in [6.07, 6.45) is 1.62. The van der Waals surface area contributed by atoms with E-state index in [1.165, 1.54) is 5.56 Å². The van der Waals surface area contributed by atoms with Crippen molar-refractivity contribution in [2.24, 2.45) is 5.92 Å². The van der Waals surface area contributed by atoms with Crippen LogP contribution in [0.1, 0.15) is 18.9 Å². The van der Waals surface area contributed by atoms with Gasteiger partial charge in [-0.2, -0.15) is 0 Å². The number of nitrogens with zero attached hydrogens (tertiary/aromatic N) is 1. The highest BCUT2D eigenvalue weighted by Gasteiger charge is 2.11. The third-order valence-corrected chi connectivity index (χ3v) is 3.28. The van der Waals surface area contributed by atoms with Crippen molar-refractivity contribution < 1.29 is 14.6 Å². The molecular weight excluding hydrogens is 242 g/mol. The van der Waals surface area contributed by atoms with Crippen molar-refractivity contribution in [1.82, 2.24) is 4.90 Å². The zero-order chi connectivity index (χ0) is 14.3. The van der Waals surface area contributed by atoms with Gasteiger partial charge in [-0.05, 0) is 44.1 Å². The number of methoxy groups -OCH3 is 1. The molecule has 0 bridgehead atoms. The summed E-state index contributed by atoms with van der Waals surface area (Å²) in [5.41, 5.74) is 1.23. The number of hydrogen-bond donors (Lipinski definition) is 1. The summed E-state index contributed by atoms with van der Waals surface area (Å²) < 4.78 is 5.19. The van der Waals surface area contributed by atoms with Crippen LogP contribution in [0.5, 0.6) is 5.75 Å². The number of aliphatic carboxylic acids is 1. The molecule has 1 aromatic rings. The number of benzene rings is 1. The Bertz CT molecular complexity index is 406. The van der Waals surface area contributed by atoms with Crippen LogP contribution in [0.25, 0.3) is 0 Å². The van der Waals surface area contributed by atoms with Crippen LogP contribution in [0.2, 0.25) is 0 Å². The lowest BCUT2D eigenvalue weighted by atomic mass is 10.1. The molecule has 1 atom stereocenters. The summed E-state index contributed by atoms with van der Waals surface area (Å²) in [6, 6.07) is 8.03. The molecule has 1 N–H and O–H groups in total. The van der Waals surface area contributed by atoms with E-state index in [1.54, 1.807) is 14.0 Å². The van der Waals surface area contributed by atoms with E-state index in [9.17, 15) is 4.79 Å². The van der Waals surface area contributed by atoms with E-state index in [2.05, 4.69) is 11.0 Å². The van der Waals surface area contributed by atoms with Crippen LogP contribution in [0, 0.1) is 5.92 Å². The van der Waals surface area contributed by atoms with E-state index >= 15 is 0 Å². The molecule has 0 aliphatic rings. The molecule has 0 amide bonds. The highest BCUT2D eigenvalue weighted by Crippen LogP contribution is 2.13. The van der Waals surface area contributed by atoms with Crippen LogP contribution < -0.4 is 4.74 Å². The van der Waals surface area contributed by atoms with Gasteiger partial charge in [-0.25, -0.2) is 0 Å². The van der Waals surface area contributed by atoms with Crippen molar-refractivity contribution in [2.75, 3.05) is 27.2 Å². The Morgan fingerprint density at radius 1 is 1.42 bits per heavy atom. The predicted molar refractivity (Wildman–Crippen MR) is 75.6 cm³/mol. The molecular formula is C15H23NO3. The summed E-state index contributed by atoms with van der Waals surface area (Å²) in [5, 5.41) is 8.83. The molecule has 4 nitrogen and oxygen atoms in total. The second-order valence-electron chi connectivity index (χ2n) is 4.93. The third-order valence-electron chi connectivity index (χ3n) is 3.28. The van der Waals surface area contributed by atoms with Crippen LogP contribution >= 0.6 is 0 Å². The SMILES string of the molecule is COc1cccc(CCN(C)CCC(C)C(=O)O)c1. The maximum Gasteiger partial charge on any atom is 0.306 e. The monoisotopic (exact) mass is 265 g/mol. The van der Waals surface area contributed by atoms with E-state index in [-0.39, 0.29) is 5.92 Å². The Morgan fingerprint density at radius 3 is 2.79 bits per heavy atom. The van der Waals surface area contributed by atoms with Gasteiger partial charge in [0.1, 0.15) is 5.75 Å². The molecule has 0 fully saturated rings. The molecule has 4 heteroatoms. The molecule has 0 saturated carbocycles. The fourth-order valence-electron chi connectivity index (χ4n) is 1.80. The fraction of sp³-hybridized carbons (Fsp3) is 0.533. The van der Waals surface area contributed by atoms with Gasteiger partial charge in [-0.1, -0.05) is 19.1 Å². The van der Waals surface area contributed by atoms with E-state index < -0.39 is 5.97 Å². The summed E-state index contributed by atoms with van der Waals surface area (Å²) in [6.45, 7) is 3.47. The van der Waals surface area contributed by atoms with Crippen LogP contribution in [0.15, 0.2) is 24.3 Å². The topological polar surface area (TPSA) is 49.8 Å². The van der Waals surface area contributed by atoms with E-state index in [4.69, 9.17) is 9.84 Å². The molecule has 0 radical (unpaired) electrons. The second kappa shape index (κ2) is 7.79. The first kappa shape index (κ1) is 15.5. The van der Waals surface area contributed by atoms with Gasteiger partial charge in [-0.15, -0.1) is 0 Å². The Balaban J connectivity index is 2.33. The molecule has 0 aromatic heterocycles. The minimum Gasteiger partial charge on any atom is -0.497 e. The zero-order valence-electron chi connectivity index (χ0n) is 11.9. The van der Waals surface area contributed by atoms with Gasteiger partial charge in [0.15, 0.2) is 0 Å². The first-order valence-electron chi connectivity index (χ1n) is 6.57. The highest BCUT2D eigenvalue weighted by molar-refractivity contribution is 5.69. The van der Waals surface area contributed by atoms with Crippen LogP contribution in [-0.4, -0.2) is 43.2 Å². The van der Waals surface area contributed by atoms with E-state index in [0.717, 1.165) is 25.3 Å². The lowest BCUT2D eigenvalue weighted by Gasteiger charge is -2.18. The number of carboxylic acids is 1. The average Bonchev–Trinajstić information content (AvgIpc) is 2.42. The fourth-order valence-corrected chi connectivity index (χ4v) is 1.80. The molecule has 19 heavy (non-hydrogen) atoms. The molecule has 1 rings (SSSR count). The lowest BCUT2D eigenvalue weighted by Crippen LogP contribution is -2.25. The Kier molecular flexibility index (Phi) is 6.36. The summed E-state index contributed by atoms with van der Waals surface area (Å²) >= 11 is 0. The van der Waals surface area contributed by atoms with Gasteiger partial charge in [0.2, 0.25) is 0 Å². The number of ether oxygens (including phenoxy) is 1. The smallest absolute Gasteiger partial charge is 0.306 e. The zero-order valence-corrected chi connectivity index (χ0v) is 11.9. The van der Waals surface area contributed by atoms with Crippen molar-refractivity contribution in [3.8, 4) is 5.75 Å². The van der Waals surface area contributed by atoms with Crippen molar-refractivity contribution in [3.63, 3.8) is 0 Å². The first-order chi connectivity index (χ1) is 9.02. The number of hydrogen-bond acceptors (Lipinski definition) is 3. The van der Waals surface area contributed by atoms with E-state index in [0.29, 0.717) is 6.42 Å². The summed E-state index contributed by atoms with van der Waals surface area (Å²) in [7, 11) is 3.69. The maximum atomic E-state index is 10.7. The highest BCUT2D eigenvalue weighted by atomic mass is 16.5. The number of carbonyl (C=O) groups is 1. The van der Waals surface area contributed by atoms with Crippen molar-refractivity contribution in [2.45, 2.75) is 19.8 Å². The van der Waals surface area contributed by atoms with Gasteiger partial charge < -0.3 is 14.7 Å². The molecule has 106 valence electrons. The first-order valence-corrected chi connectivity index (χ1v) is 6.57. The Labute approximate surface area is 115 Å². The van der Waals surface area contributed by atoms with Gasteiger partial charge in [0.25, 0.3) is 0 Å². The van der Waals surface area contributed by atoms with Gasteiger partial charge >= 0.3 is 5.97 Å². The van der Waals surface area contributed by atoms with Gasteiger partial charge in [-0.3, -0.25) is 4.79 Å². The summed E-state index contributed by atoms with van der Waals surface area (Å²) in [5.74, 6) is -0.125. The molecule has 0 saturated heterocycles. The van der Waals surface area contributed by atoms with E-state index in [1.807, 2.05) is 25.2 Å². The quantitative estimate of drug-likeness (QED) is 0.783.